The number of aliphatic hydroxyl groups is 1. The van der Waals surface area contributed by atoms with Gasteiger partial charge in [-0.3, -0.25) is 0 Å². The molecule has 1 fully saturated rings. The van der Waals surface area contributed by atoms with Crippen LogP contribution in [0.4, 0.5) is 13.2 Å². The lowest BCUT2D eigenvalue weighted by Crippen LogP contribution is -2.27. The second-order valence-electron chi connectivity index (χ2n) is 4.92. The van der Waals surface area contributed by atoms with E-state index in [1.54, 1.807) is 6.92 Å². The minimum absolute atomic E-state index is 0.316. The van der Waals surface area contributed by atoms with Crippen LogP contribution < -0.4 is 0 Å². The second-order valence-corrected chi connectivity index (χ2v) is 4.92. The molecule has 106 valence electrons. The monoisotopic (exact) mass is 274 g/mol. The summed E-state index contributed by atoms with van der Waals surface area (Å²) in [6, 6.07) is 3.43. The Hall–Kier alpha value is -1.07. The van der Waals surface area contributed by atoms with Gasteiger partial charge in [-0.25, -0.2) is 0 Å². The third kappa shape index (κ3) is 3.28. The quantitative estimate of drug-likeness (QED) is 0.892. The minimum atomic E-state index is -4.35. The highest BCUT2D eigenvalue weighted by atomic mass is 19.4. The molecule has 2 nitrogen and oxygen atoms in total. The van der Waals surface area contributed by atoms with Crippen molar-refractivity contribution in [1.82, 2.24) is 0 Å². The van der Waals surface area contributed by atoms with Gasteiger partial charge in [0.25, 0.3) is 0 Å². The lowest BCUT2D eigenvalue weighted by atomic mass is 9.94. The van der Waals surface area contributed by atoms with E-state index in [9.17, 15) is 18.3 Å². The minimum Gasteiger partial charge on any atom is -0.386 e. The van der Waals surface area contributed by atoms with Crippen molar-refractivity contribution in [3.05, 3.63) is 34.9 Å². The number of ether oxygens (including phenoxy) is 1. The molecule has 0 aromatic heterocycles. The third-order valence-corrected chi connectivity index (χ3v) is 3.48. The number of aliphatic hydroxyl groups excluding tert-OH is 1. The molecule has 0 bridgehead atoms. The molecular weight excluding hydrogens is 257 g/mol. The number of alkyl halides is 3. The summed E-state index contributed by atoms with van der Waals surface area (Å²) in [5.41, 5.74) is 0.266. The summed E-state index contributed by atoms with van der Waals surface area (Å²) < 4.78 is 43.2. The normalized spacial score (nSPS) is 22.3. The first-order valence-electron chi connectivity index (χ1n) is 6.37. The Balaban J connectivity index is 2.20. The van der Waals surface area contributed by atoms with Gasteiger partial charge in [-0.15, -0.1) is 0 Å². The molecule has 1 aromatic rings. The summed E-state index contributed by atoms with van der Waals surface area (Å²) in [7, 11) is 0. The van der Waals surface area contributed by atoms with Gasteiger partial charge in [-0.2, -0.15) is 13.2 Å². The van der Waals surface area contributed by atoms with Gasteiger partial charge < -0.3 is 9.84 Å². The van der Waals surface area contributed by atoms with Gasteiger partial charge in [0.1, 0.15) is 6.10 Å². The van der Waals surface area contributed by atoms with Crippen molar-refractivity contribution in [3.8, 4) is 0 Å². The van der Waals surface area contributed by atoms with Gasteiger partial charge >= 0.3 is 6.18 Å². The van der Waals surface area contributed by atoms with Crippen molar-refractivity contribution in [2.45, 2.75) is 44.6 Å². The first kappa shape index (κ1) is 14.3. The Bertz CT molecular complexity index is 437. The van der Waals surface area contributed by atoms with E-state index < -0.39 is 17.8 Å². The van der Waals surface area contributed by atoms with Gasteiger partial charge in [0.2, 0.25) is 0 Å². The van der Waals surface area contributed by atoms with Gasteiger partial charge in [0, 0.05) is 6.61 Å². The molecule has 2 atom stereocenters. The van der Waals surface area contributed by atoms with Crippen LogP contribution in [0.3, 0.4) is 0 Å². The summed E-state index contributed by atoms with van der Waals surface area (Å²) in [5, 5.41) is 10.2. The molecular formula is C14H17F3O2. The number of benzene rings is 1. The molecule has 1 aliphatic rings. The van der Waals surface area contributed by atoms with Gasteiger partial charge in [-0.1, -0.05) is 6.07 Å². The molecule has 1 N–H and O–H groups in total. The fraction of sp³-hybridized carbons (Fsp3) is 0.571. The van der Waals surface area contributed by atoms with Crippen LogP contribution >= 0.6 is 0 Å². The first-order valence-corrected chi connectivity index (χ1v) is 6.37. The van der Waals surface area contributed by atoms with Crippen molar-refractivity contribution >= 4 is 0 Å². The highest BCUT2D eigenvalue weighted by Crippen LogP contribution is 2.33. The molecule has 19 heavy (non-hydrogen) atoms. The molecule has 2 rings (SSSR count). The average molecular weight is 274 g/mol. The molecule has 1 aliphatic heterocycles. The van der Waals surface area contributed by atoms with Crippen LogP contribution in [0.2, 0.25) is 0 Å². The Labute approximate surface area is 110 Å². The maximum atomic E-state index is 12.6. The van der Waals surface area contributed by atoms with E-state index in [-0.39, 0.29) is 6.10 Å². The summed E-state index contributed by atoms with van der Waals surface area (Å²) >= 11 is 0. The van der Waals surface area contributed by atoms with Crippen LogP contribution in [-0.2, 0) is 10.9 Å². The zero-order valence-corrected chi connectivity index (χ0v) is 10.7. The molecule has 1 heterocycles. The van der Waals surface area contributed by atoms with E-state index in [0.717, 1.165) is 31.4 Å². The Morgan fingerprint density at radius 3 is 2.58 bits per heavy atom. The molecule has 0 aliphatic carbocycles. The van der Waals surface area contributed by atoms with Crippen LogP contribution in [0.25, 0.3) is 0 Å². The highest BCUT2D eigenvalue weighted by molar-refractivity contribution is 5.34. The fourth-order valence-corrected chi connectivity index (χ4v) is 2.40. The number of aryl methyl sites for hydroxylation is 1. The van der Waals surface area contributed by atoms with Gasteiger partial charge in [0.05, 0.1) is 11.7 Å². The molecule has 0 radical (unpaired) electrons. The second kappa shape index (κ2) is 5.51. The lowest BCUT2D eigenvalue weighted by molar-refractivity contribution is -0.137. The van der Waals surface area contributed by atoms with Crippen LogP contribution in [0.15, 0.2) is 18.2 Å². The predicted octanol–water partition coefficient (Wildman–Crippen LogP) is 3.62. The Kier molecular flexibility index (Phi) is 4.16. The van der Waals surface area contributed by atoms with E-state index in [1.165, 1.54) is 6.07 Å². The molecule has 1 saturated heterocycles. The number of rotatable bonds is 2. The first-order chi connectivity index (χ1) is 8.89. The number of hydrogen-bond donors (Lipinski definition) is 1. The summed E-state index contributed by atoms with van der Waals surface area (Å²) in [6.07, 6.45) is -2.85. The van der Waals surface area contributed by atoms with E-state index in [2.05, 4.69) is 0 Å². The predicted molar refractivity (Wildman–Crippen MR) is 64.7 cm³/mol. The van der Waals surface area contributed by atoms with Crippen molar-refractivity contribution < 1.29 is 23.0 Å². The average Bonchev–Trinajstić information content (AvgIpc) is 2.38. The zero-order valence-electron chi connectivity index (χ0n) is 10.7. The molecule has 2 unspecified atom stereocenters. The maximum Gasteiger partial charge on any atom is 0.416 e. The Morgan fingerprint density at radius 2 is 2.05 bits per heavy atom. The number of hydrogen-bond acceptors (Lipinski definition) is 2. The fourth-order valence-electron chi connectivity index (χ4n) is 2.40. The molecule has 0 amide bonds. The highest BCUT2D eigenvalue weighted by Gasteiger charge is 2.32. The topological polar surface area (TPSA) is 29.5 Å². The van der Waals surface area contributed by atoms with Crippen molar-refractivity contribution in [2.24, 2.45) is 0 Å². The SMILES string of the molecule is Cc1cc(C(F)(F)F)ccc1C(O)C1CCCCO1. The smallest absolute Gasteiger partial charge is 0.386 e. The van der Waals surface area contributed by atoms with E-state index in [0.29, 0.717) is 17.7 Å². The molecule has 0 spiro atoms. The zero-order chi connectivity index (χ0) is 14.0. The largest absolute Gasteiger partial charge is 0.416 e. The van der Waals surface area contributed by atoms with Crippen molar-refractivity contribution in [1.29, 1.82) is 0 Å². The lowest BCUT2D eigenvalue weighted by Gasteiger charge is -2.28. The summed E-state index contributed by atoms with van der Waals surface area (Å²) in [4.78, 5) is 0. The molecule has 0 saturated carbocycles. The van der Waals surface area contributed by atoms with Crippen LogP contribution in [-0.4, -0.2) is 17.8 Å². The number of halogens is 3. The van der Waals surface area contributed by atoms with Crippen molar-refractivity contribution in [3.63, 3.8) is 0 Å². The van der Waals surface area contributed by atoms with Crippen LogP contribution in [0.1, 0.15) is 42.1 Å². The van der Waals surface area contributed by atoms with Crippen LogP contribution in [0, 0.1) is 6.92 Å². The van der Waals surface area contributed by atoms with Crippen molar-refractivity contribution in [2.75, 3.05) is 6.61 Å². The molecule has 1 aromatic carbocycles. The van der Waals surface area contributed by atoms with Gasteiger partial charge in [0.15, 0.2) is 0 Å². The summed E-state index contributed by atoms with van der Waals surface area (Å²) in [5.74, 6) is 0. The van der Waals surface area contributed by atoms with E-state index in [1.807, 2.05) is 0 Å². The summed E-state index contributed by atoms with van der Waals surface area (Å²) in [6.45, 7) is 2.18. The van der Waals surface area contributed by atoms with Crippen LogP contribution in [0.5, 0.6) is 0 Å². The maximum absolute atomic E-state index is 12.6. The third-order valence-electron chi connectivity index (χ3n) is 3.48. The van der Waals surface area contributed by atoms with E-state index >= 15 is 0 Å². The molecule has 5 heteroatoms. The Morgan fingerprint density at radius 1 is 1.32 bits per heavy atom. The van der Waals surface area contributed by atoms with Gasteiger partial charge in [-0.05, 0) is 49.4 Å². The van der Waals surface area contributed by atoms with E-state index in [4.69, 9.17) is 4.74 Å². The standard InChI is InChI=1S/C14H17F3O2/c1-9-8-10(14(15,16)17)5-6-11(9)13(18)12-4-2-3-7-19-12/h5-6,8,12-13,18H,2-4,7H2,1H3.